The molecular formula is C23H22F2N2O3S2. The number of benzene rings is 2. The van der Waals surface area contributed by atoms with Crippen molar-refractivity contribution in [1.29, 1.82) is 0 Å². The van der Waals surface area contributed by atoms with E-state index < -0.39 is 33.6 Å². The standard InChI is InChI=1S/C23H22F2N2O3S2/c1-15(17-7-8-20(24)21(25)11-17)26(2)23(28)19-12-22(31-14-19)32(29,30)27-10-9-16-5-3-4-6-18(16)13-27/h3-8,11-12,14-15H,9-10,13H2,1-2H3. The van der Waals surface area contributed by atoms with Crippen molar-refractivity contribution < 1.29 is 22.0 Å². The molecule has 0 aliphatic carbocycles. The summed E-state index contributed by atoms with van der Waals surface area (Å²) in [7, 11) is -2.19. The molecule has 0 fully saturated rings. The van der Waals surface area contributed by atoms with Gasteiger partial charge in [-0.3, -0.25) is 4.79 Å². The highest BCUT2D eigenvalue weighted by Crippen LogP contribution is 2.30. The fraction of sp³-hybridized carbons (Fsp3) is 0.261. The van der Waals surface area contributed by atoms with E-state index in [0.717, 1.165) is 34.6 Å². The monoisotopic (exact) mass is 476 g/mol. The Hall–Kier alpha value is -2.62. The Morgan fingerprint density at radius 3 is 2.53 bits per heavy atom. The summed E-state index contributed by atoms with van der Waals surface area (Å²) in [5, 5.41) is 1.52. The van der Waals surface area contributed by atoms with Gasteiger partial charge in [-0.15, -0.1) is 11.3 Å². The third kappa shape index (κ3) is 4.20. The zero-order valence-electron chi connectivity index (χ0n) is 17.6. The number of hydrogen-bond acceptors (Lipinski definition) is 4. The normalized spacial score (nSPS) is 15.2. The van der Waals surface area contributed by atoms with Crippen LogP contribution in [-0.4, -0.2) is 37.1 Å². The Balaban J connectivity index is 1.52. The van der Waals surface area contributed by atoms with Crippen molar-refractivity contribution in [2.24, 2.45) is 0 Å². The van der Waals surface area contributed by atoms with Gasteiger partial charge in [0.2, 0.25) is 0 Å². The highest BCUT2D eigenvalue weighted by molar-refractivity contribution is 7.91. The number of thiophene rings is 1. The summed E-state index contributed by atoms with van der Waals surface area (Å²) in [6.45, 7) is 2.38. The van der Waals surface area contributed by atoms with Crippen LogP contribution in [0.2, 0.25) is 0 Å². The summed E-state index contributed by atoms with van der Waals surface area (Å²) in [6, 6.07) is 12.1. The van der Waals surface area contributed by atoms with Crippen LogP contribution in [0.1, 0.15) is 40.0 Å². The molecule has 9 heteroatoms. The fourth-order valence-electron chi connectivity index (χ4n) is 3.74. The zero-order chi connectivity index (χ0) is 23.0. The molecule has 2 aromatic carbocycles. The lowest BCUT2D eigenvalue weighted by molar-refractivity contribution is 0.0742. The summed E-state index contributed by atoms with van der Waals surface area (Å²) in [6.07, 6.45) is 0.640. The number of nitrogens with zero attached hydrogens (tertiary/aromatic N) is 2. The van der Waals surface area contributed by atoms with Gasteiger partial charge in [-0.05, 0) is 48.2 Å². The maximum absolute atomic E-state index is 13.6. The van der Waals surface area contributed by atoms with Crippen LogP contribution in [0.3, 0.4) is 0 Å². The second-order valence-electron chi connectivity index (χ2n) is 7.78. The SMILES string of the molecule is CC(c1ccc(F)c(F)c1)N(C)C(=O)c1csc(S(=O)(=O)N2CCc3ccccc3C2)c1. The highest BCUT2D eigenvalue weighted by atomic mass is 32.2. The average Bonchev–Trinajstić information content (AvgIpc) is 3.30. The number of halogens is 2. The smallest absolute Gasteiger partial charge is 0.254 e. The van der Waals surface area contributed by atoms with E-state index in [2.05, 4.69) is 0 Å². The van der Waals surface area contributed by atoms with Crippen LogP contribution in [0.25, 0.3) is 0 Å². The van der Waals surface area contributed by atoms with E-state index in [1.54, 1.807) is 14.0 Å². The Bertz CT molecular complexity index is 1270. The van der Waals surface area contributed by atoms with E-state index in [9.17, 15) is 22.0 Å². The van der Waals surface area contributed by atoms with Gasteiger partial charge in [0.05, 0.1) is 11.6 Å². The van der Waals surface area contributed by atoms with Crippen molar-refractivity contribution in [3.8, 4) is 0 Å². The van der Waals surface area contributed by atoms with Crippen molar-refractivity contribution in [3.63, 3.8) is 0 Å². The molecule has 5 nitrogen and oxygen atoms in total. The van der Waals surface area contributed by atoms with Crippen molar-refractivity contribution >= 4 is 27.3 Å². The first-order valence-electron chi connectivity index (χ1n) is 10.1. The predicted molar refractivity (Wildman–Crippen MR) is 119 cm³/mol. The van der Waals surface area contributed by atoms with Crippen molar-refractivity contribution in [2.45, 2.75) is 30.1 Å². The number of hydrogen-bond donors (Lipinski definition) is 0. The molecule has 0 bridgehead atoms. The third-order valence-electron chi connectivity index (χ3n) is 5.84. The second-order valence-corrected chi connectivity index (χ2v) is 10.9. The first-order valence-corrected chi connectivity index (χ1v) is 12.4. The molecule has 1 aromatic heterocycles. The maximum Gasteiger partial charge on any atom is 0.254 e. The van der Waals surface area contributed by atoms with Crippen molar-refractivity contribution in [3.05, 3.63) is 87.8 Å². The molecule has 0 N–H and O–H groups in total. The van der Waals surface area contributed by atoms with Crippen LogP contribution in [-0.2, 0) is 23.0 Å². The molecule has 1 unspecified atom stereocenters. The summed E-state index contributed by atoms with van der Waals surface area (Å²) in [5.74, 6) is -2.34. The Labute approximate surface area is 190 Å². The molecule has 1 aliphatic rings. The van der Waals surface area contributed by atoms with Gasteiger partial charge in [0.25, 0.3) is 15.9 Å². The van der Waals surface area contributed by atoms with E-state index in [-0.39, 0.29) is 9.77 Å². The number of rotatable bonds is 5. The topological polar surface area (TPSA) is 57.7 Å². The van der Waals surface area contributed by atoms with Gasteiger partial charge >= 0.3 is 0 Å². The van der Waals surface area contributed by atoms with E-state index >= 15 is 0 Å². The van der Waals surface area contributed by atoms with Crippen LogP contribution in [0, 0.1) is 11.6 Å². The second kappa shape index (κ2) is 8.73. The largest absolute Gasteiger partial charge is 0.335 e. The molecule has 1 atom stereocenters. The van der Waals surface area contributed by atoms with Crippen molar-refractivity contribution in [2.75, 3.05) is 13.6 Å². The van der Waals surface area contributed by atoms with E-state index in [1.807, 2.05) is 24.3 Å². The third-order valence-corrected chi connectivity index (χ3v) is 9.10. The predicted octanol–water partition coefficient (Wildman–Crippen LogP) is 4.61. The minimum Gasteiger partial charge on any atom is -0.335 e. The molecule has 0 radical (unpaired) electrons. The lowest BCUT2D eigenvalue weighted by Gasteiger charge is -2.27. The fourth-order valence-corrected chi connectivity index (χ4v) is 6.47. The molecule has 2 heterocycles. The molecule has 32 heavy (non-hydrogen) atoms. The maximum atomic E-state index is 13.6. The molecule has 0 spiro atoms. The van der Waals surface area contributed by atoms with E-state index in [4.69, 9.17) is 0 Å². The summed E-state index contributed by atoms with van der Waals surface area (Å²) in [4.78, 5) is 14.3. The minimum atomic E-state index is -3.74. The molecule has 3 aromatic rings. The quantitative estimate of drug-likeness (QED) is 0.541. The van der Waals surface area contributed by atoms with Crippen LogP contribution >= 0.6 is 11.3 Å². The van der Waals surface area contributed by atoms with Crippen LogP contribution in [0.5, 0.6) is 0 Å². The highest BCUT2D eigenvalue weighted by Gasteiger charge is 2.31. The van der Waals surface area contributed by atoms with Gasteiger partial charge in [-0.1, -0.05) is 30.3 Å². The lowest BCUT2D eigenvalue weighted by atomic mass is 10.0. The number of amides is 1. The summed E-state index contributed by atoms with van der Waals surface area (Å²) >= 11 is 1.00. The van der Waals surface area contributed by atoms with Gasteiger partial charge in [0.1, 0.15) is 4.21 Å². The van der Waals surface area contributed by atoms with Gasteiger partial charge in [-0.2, -0.15) is 4.31 Å². The molecule has 0 saturated carbocycles. The van der Waals surface area contributed by atoms with Gasteiger partial charge in [0, 0.05) is 25.5 Å². The Morgan fingerprint density at radius 1 is 1.09 bits per heavy atom. The van der Waals surface area contributed by atoms with Gasteiger partial charge in [0.15, 0.2) is 11.6 Å². The summed E-state index contributed by atoms with van der Waals surface area (Å²) < 4.78 is 54.7. The molecule has 168 valence electrons. The zero-order valence-corrected chi connectivity index (χ0v) is 19.2. The lowest BCUT2D eigenvalue weighted by Crippen LogP contribution is -2.35. The average molecular weight is 477 g/mol. The molecular weight excluding hydrogens is 454 g/mol. The number of carbonyl (C=O) groups excluding carboxylic acids is 1. The van der Waals surface area contributed by atoms with Gasteiger partial charge < -0.3 is 4.90 Å². The first kappa shape index (κ1) is 22.6. The first-order chi connectivity index (χ1) is 15.2. The molecule has 1 aliphatic heterocycles. The molecule has 4 rings (SSSR count). The Morgan fingerprint density at radius 2 is 1.81 bits per heavy atom. The van der Waals surface area contributed by atoms with Crippen LogP contribution in [0.4, 0.5) is 8.78 Å². The van der Waals surface area contributed by atoms with Crippen molar-refractivity contribution in [1.82, 2.24) is 9.21 Å². The number of sulfonamides is 1. The van der Waals surface area contributed by atoms with E-state index in [1.165, 1.54) is 26.7 Å². The van der Waals surface area contributed by atoms with Crippen LogP contribution < -0.4 is 0 Å². The van der Waals surface area contributed by atoms with Crippen LogP contribution in [0.15, 0.2) is 58.1 Å². The molecule has 0 saturated heterocycles. The van der Waals surface area contributed by atoms with E-state index in [0.29, 0.717) is 25.1 Å². The van der Waals surface area contributed by atoms with Gasteiger partial charge in [-0.25, -0.2) is 17.2 Å². The number of carbonyl (C=O) groups is 1. The summed E-state index contributed by atoms with van der Waals surface area (Å²) in [5.41, 5.74) is 2.81. The minimum absolute atomic E-state index is 0.106. The number of fused-ring (bicyclic) bond motifs is 1. The molecule has 1 amide bonds. The Kier molecular flexibility index (Phi) is 6.15.